The van der Waals surface area contributed by atoms with Crippen LogP contribution in [0.2, 0.25) is 0 Å². The number of carbonyl (C=O) groups excluding carboxylic acids is 1. The van der Waals surface area contributed by atoms with E-state index in [0.29, 0.717) is 24.5 Å². The van der Waals surface area contributed by atoms with Crippen LogP contribution in [0.4, 0.5) is 0 Å². The Balaban J connectivity index is 1.93. The Morgan fingerprint density at radius 3 is 2.61 bits per heavy atom. The number of hydrogen-bond donors (Lipinski definition) is 0. The first-order chi connectivity index (χ1) is 8.79. The Kier molecular flexibility index (Phi) is 4.02. The van der Waals surface area contributed by atoms with Crippen LogP contribution in [0, 0.1) is 0 Å². The SMILES string of the molecule is CCOC(=O)c1ccc(OCc2ccoc2)cc1. The van der Waals surface area contributed by atoms with Crippen molar-refractivity contribution in [2.75, 3.05) is 6.61 Å². The van der Waals surface area contributed by atoms with Crippen LogP contribution in [0.5, 0.6) is 5.75 Å². The molecule has 0 spiro atoms. The number of ether oxygens (including phenoxy) is 2. The van der Waals surface area contributed by atoms with Gasteiger partial charge in [-0.25, -0.2) is 4.79 Å². The second kappa shape index (κ2) is 5.91. The molecule has 18 heavy (non-hydrogen) atoms. The average molecular weight is 246 g/mol. The van der Waals surface area contributed by atoms with E-state index in [1.54, 1.807) is 43.7 Å². The number of esters is 1. The maximum Gasteiger partial charge on any atom is 0.338 e. The fourth-order valence-corrected chi connectivity index (χ4v) is 1.44. The highest BCUT2D eigenvalue weighted by molar-refractivity contribution is 5.89. The molecule has 0 atom stereocenters. The molecule has 0 aliphatic rings. The van der Waals surface area contributed by atoms with Crippen LogP contribution in [-0.2, 0) is 11.3 Å². The molecule has 0 saturated carbocycles. The van der Waals surface area contributed by atoms with Crippen molar-refractivity contribution in [1.29, 1.82) is 0 Å². The number of benzene rings is 1. The first kappa shape index (κ1) is 12.2. The molecule has 4 heteroatoms. The Labute approximate surface area is 105 Å². The van der Waals surface area contributed by atoms with Crippen molar-refractivity contribution in [3.8, 4) is 5.75 Å². The maximum atomic E-state index is 11.4. The van der Waals surface area contributed by atoms with Gasteiger partial charge in [-0.3, -0.25) is 0 Å². The van der Waals surface area contributed by atoms with E-state index < -0.39 is 0 Å². The summed E-state index contributed by atoms with van der Waals surface area (Å²) in [4.78, 5) is 11.4. The molecule has 1 aromatic heterocycles. The topological polar surface area (TPSA) is 48.7 Å². The molecular formula is C14H14O4. The zero-order valence-corrected chi connectivity index (χ0v) is 10.1. The average Bonchev–Trinajstić information content (AvgIpc) is 2.90. The van der Waals surface area contributed by atoms with Gasteiger partial charge in [0.15, 0.2) is 0 Å². The smallest absolute Gasteiger partial charge is 0.338 e. The van der Waals surface area contributed by atoms with E-state index in [1.165, 1.54) is 0 Å². The standard InChI is InChI=1S/C14H14O4/c1-2-17-14(15)12-3-5-13(6-4-12)18-10-11-7-8-16-9-11/h3-9H,2,10H2,1H3. The lowest BCUT2D eigenvalue weighted by atomic mass is 10.2. The highest BCUT2D eigenvalue weighted by Gasteiger charge is 2.05. The minimum Gasteiger partial charge on any atom is -0.489 e. The molecular weight excluding hydrogens is 232 g/mol. The molecule has 0 fully saturated rings. The largest absolute Gasteiger partial charge is 0.489 e. The minimum absolute atomic E-state index is 0.320. The van der Waals surface area contributed by atoms with Gasteiger partial charge in [0.25, 0.3) is 0 Å². The molecule has 0 unspecified atom stereocenters. The lowest BCUT2D eigenvalue weighted by molar-refractivity contribution is 0.0526. The quantitative estimate of drug-likeness (QED) is 0.761. The second-order valence-electron chi connectivity index (χ2n) is 3.67. The summed E-state index contributed by atoms with van der Waals surface area (Å²) < 4.78 is 15.4. The van der Waals surface area contributed by atoms with Gasteiger partial charge in [0.2, 0.25) is 0 Å². The van der Waals surface area contributed by atoms with E-state index in [1.807, 2.05) is 6.07 Å². The summed E-state index contributed by atoms with van der Waals surface area (Å²) in [6.07, 6.45) is 3.23. The molecule has 1 aromatic carbocycles. The Morgan fingerprint density at radius 2 is 2.00 bits per heavy atom. The predicted molar refractivity (Wildman–Crippen MR) is 65.4 cm³/mol. The summed E-state index contributed by atoms with van der Waals surface area (Å²) in [7, 11) is 0. The van der Waals surface area contributed by atoms with Crippen molar-refractivity contribution >= 4 is 5.97 Å². The molecule has 0 N–H and O–H groups in total. The third-order valence-electron chi connectivity index (χ3n) is 2.35. The lowest BCUT2D eigenvalue weighted by Crippen LogP contribution is -2.04. The molecule has 0 saturated heterocycles. The van der Waals surface area contributed by atoms with Gasteiger partial charge in [-0.1, -0.05) is 0 Å². The summed E-state index contributed by atoms with van der Waals surface area (Å²) in [5, 5.41) is 0. The van der Waals surface area contributed by atoms with Crippen molar-refractivity contribution in [3.05, 3.63) is 54.0 Å². The monoisotopic (exact) mass is 246 g/mol. The molecule has 0 aliphatic carbocycles. The van der Waals surface area contributed by atoms with Gasteiger partial charge in [-0.05, 0) is 37.3 Å². The molecule has 1 heterocycles. The fourth-order valence-electron chi connectivity index (χ4n) is 1.44. The third kappa shape index (κ3) is 3.13. The normalized spacial score (nSPS) is 10.1. The van der Waals surface area contributed by atoms with Crippen molar-refractivity contribution in [3.63, 3.8) is 0 Å². The third-order valence-corrected chi connectivity index (χ3v) is 2.35. The summed E-state index contributed by atoms with van der Waals surface area (Å²) in [6, 6.07) is 8.69. The Hall–Kier alpha value is -2.23. The van der Waals surface area contributed by atoms with E-state index in [-0.39, 0.29) is 5.97 Å². The molecule has 0 bridgehead atoms. The van der Waals surface area contributed by atoms with Gasteiger partial charge >= 0.3 is 5.97 Å². The van der Waals surface area contributed by atoms with Gasteiger partial charge in [0.05, 0.1) is 24.7 Å². The van der Waals surface area contributed by atoms with Crippen LogP contribution in [0.3, 0.4) is 0 Å². The van der Waals surface area contributed by atoms with Gasteiger partial charge in [0, 0.05) is 5.56 Å². The molecule has 0 amide bonds. The first-order valence-electron chi connectivity index (χ1n) is 5.70. The van der Waals surface area contributed by atoms with Gasteiger partial charge in [-0.15, -0.1) is 0 Å². The van der Waals surface area contributed by atoms with E-state index in [4.69, 9.17) is 13.9 Å². The van der Waals surface area contributed by atoms with Crippen LogP contribution >= 0.6 is 0 Å². The van der Waals surface area contributed by atoms with E-state index in [9.17, 15) is 4.79 Å². The Morgan fingerprint density at radius 1 is 1.22 bits per heavy atom. The highest BCUT2D eigenvalue weighted by Crippen LogP contribution is 2.15. The van der Waals surface area contributed by atoms with Crippen molar-refractivity contribution < 1.29 is 18.7 Å². The number of furan rings is 1. The zero-order valence-electron chi connectivity index (χ0n) is 10.1. The van der Waals surface area contributed by atoms with Crippen molar-refractivity contribution in [2.45, 2.75) is 13.5 Å². The molecule has 94 valence electrons. The van der Waals surface area contributed by atoms with E-state index in [0.717, 1.165) is 5.56 Å². The van der Waals surface area contributed by atoms with E-state index >= 15 is 0 Å². The van der Waals surface area contributed by atoms with Gasteiger partial charge in [0.1, 0.15) is 12.4 Å². The minimum atomic E-state index is -0.320. The molecule has 0 radical (unpaired) electrons. The number of hydrogen-bond acceptors (Lipinski definition) is 4. The van der Waals surface area contributed by atoms with Crippen LogP contribution in [0.15, 0.2) is 47.3 Å². The van der Waals surface area contributed by atoms with Crippen LogP contribution < -0.4 is 4.74 Å². The summed E-state index contributed by atoms with van der Waals surface area (Å²) >= 11 is 0. The van der Waals surface area contributed by atoms with Gasteiger partial charge < -0.3 is 13.9 Å². The number of rotatable bonds is 5. The second-order valence-corrected chi connectivity index (χ2v) is 3.67. The zero-order chi connectivity index (χ0) is 12.8. The maximum absolute atomic E-state index is 11.4. The van der Waals surface area contributed by atoms with E-state index in [2.05, 4.69) is 0 Å². The number of carbonyl (C=O) groups is 1. The predicted octanol–water partition coefficient (Wildman–Crippen LogP) is 3.04. The summed E-state index contributed by atoms with van der Waals surface area (Å²) in [5.74, 6) is 0.378. The van der Waals surface area contributed by atoms with Gasteiger partial charge in [-0.2, -0.15) is 0 Å². The first-order valence-corrected chi connectivity index (χ1v) is 5.70. The van der Waals surface area contributed by atoms with Crippen LogP contribution in [0.1, 0.15) is 22.8 Å². The fraction of sp³-hybridized carbons (Fsp3) is 0.214. The molecule has 2 rings (SSSR count). The van der Waals surface area contributed by atoms with Crippen molar-refractivity contribution in [1.82, 2.24) is 0 Å². The van der Waals surface area contributed by atoms with Crippen LogP contribution in [0.25, 0.3) is 0 Å². The highest BCUT2D eigenvalue weighted by atomic mass is 16.5. The lowest BCUT2D eigenvalue weighted by Gasteiger charge is -2.05. The Bertz CT molecular complexity index is 485. The van der Waals surface area contributed by atoms with Crippen molar-refractivity contribution in [2.24, 2.45) is 0 Å². The summed E-state index contributed by atoms with van der Waals surface area (Å²) in [5.41, 5.74) is 1.48. The molecule has 2 aromatic rings. The summed E-state index contributed by atoms with van der Waals surface area (Å²) in [6.45, 7) is 2.59. The molecule has 0 aliphatic heterocycles. The van der Waals surface area contributed by atoms with Crippen LogP contribution in [-0.4, -0.2) is 12.6 Å². The molecule has 4 nitrogen and oxygen atoms in total.